The molecule has 2 N–H and O–H groups in total. The van der Waals surface area contributed by atoms with Crippen LogP contribution in [0.5, 0.6) is 0 Å². The molecule has 1 aromatic rings. The predicted octanol–water partition coefficient (Wildman–Crippen LogP) is 2.37. The van der Waals surface area contributed by atoms with Crippen molar-refractivity contribution < 1.29 is 0 Å². The summed E-state index contributed by atoms with van der Waals surface area (Å²) in [6.45, 7) is 5.16. The molecule has 0 fully saturated rings. The first kappa shape index (κ1) is 13.4. The lowest BCUT2D eigenvalue weighted by Gasteiger charge is -2.23. The number of unbranched alkanes of at least 4 members (excludes halogenated alkanes) is 1. The Hall–Kier alpha value is -1.06. The minimum atomic E-state index is 0.409. The number of anilines is 1. The van der Waals surface area contributed by atoms with E-state index in [4.69, 9.17) is 5.73 Å². The highest BCUT2D eigenvalue weighted by atomic mass is 15.2. The molecule has 0 radical (unpaired) electrons. The Morgan fingerprint density at radius 1 is 1.39 bits per heavy atom. The number of fused-ring (bicyclic) bond motifs is 1. The van der Waals surface area contributed by atoms with Crippen molar-refractivity contribution in [3.05, 3.63) is 29.3 Å². The normalized spacial score (nSPS) is 19.0. The van der Waals surface area contributed by atoms with E-state index in [1.807, 2.05) is 0 Å². The van der Waals surface area contributed by atoms with Crippen LogP contribution in [0.3, 0.4) is 0 Å². The fourth-order valence-corrected chi connectivity index (χ4v) is 2.88. The van der Waals surface area contributed by atoms with Gasteiger partial charge in [0, 0.05) is 38.9 Å². The van der Waals surface area contributed by atoms with E-state index < -0.39 is 0 Å². The number of hydrogen-bond donors (Lipinski definition) is 1. The van der Waals surface area contributed by atoms with Gasteiger partial charge < -0.3 is 10.6 Å². The van der Waals surface area contributed by atoms with Gasteiger partial charge in [-0.05, 0) is 30.2 Å². The number of nitrogens with zero attached hydrogens (tertiary/aromatic N) is 2. The molecule has 0 spiro atoms. The minimum Gasteiger partial charge on any atom is -0.377 e. The van der Waals surface area contributed by atoms with Gasteiger partial charge in [0.2, 0.25) is 0 Å². The SMILES string of the molecule is CCCCN1Cc2c(cccc2N(C)C)C1CN. The van der Waals surface area contributed by atoms with Crippen LogP contribution in [0.15, 0.2) is 18.2 Å². The maximum absolute atomic E-state index is 5.98. The van der Waals surface area contributed by atoms with Crippen molar-refractivity contribution in [2.24, 2.45) is 5.73 Å². The van der Waals surface area contributed by atoms with Crippen molar-refractivity contribution in [2.75, 3.05) is 32.1 Å². The Labute approximate surface area is 111 Å². The second-order valence-corrected chi connectivity index (χ2v) is 5.31. The zero-order chi connectivity index (χ0) is 13.1. The van der Waals surface area contributed by atoms with Crippen LogP contribution in [-0.2, 0) is 6.54 Å². The first-order valence-corrected chi connectivity index (χ1v) is 6.92. The zero-order valence-electron chi connectivity index (χ0n) is 11.8. The average Bonchev–Trinajstić information content (AvgIpc) is 2.73. The molecule has 1 aliphatic heterocycles. The van der Waals surface area contributed by atoms with E-state index in [-0.39, 0.29) is 0 Å². The Bertz CT molecular complexity index is 401. The van der Waals surface area contributed by atoms with Crippen LogP contribution in [0.1, 0.15) is 36.9 Å². The van der Waals surface area contributed by atoms with Crippen LogP contribution in [0.4, 0.5) is 5.69 Å². The number of benzene rings is 1. The third-order valence-electron chi connectivity index (χ3n) is 3.85. The summed E-state index contributed by atoms with van der Waals surface area (Å²) >= 11 is 0. The van der Waals surface area contributed by atoms with Crippen molar-refractivity contribution in [1.82, 2.24) is 4.90 Å². The second kappa shape index (κ2) is 5.72. The lowest BCUT2D eigenvalue weighted by atomic mass is 10.0. The minimum absolute atomic E-state index is 0.409. The third kappa shape index (κ3) is 2.38. The van der Waals surface area contributed by atoms with Crippen molar-refractivity contribution in [3.63, 3.8) is 0 Å². The Morgan fingerprint density at radius 3 is 2.78 bits per heavy atom. The van der Waals surface area contributed by atoms with Crippen LogP contribution >= 0.6 is 0 Å². The van der Waals surface area contributed by atoms with E-state index in [0.29, 0.717) is 12.6 Å². The monoisotopic (exact) mass is 247 g/mol. The van der Waals surface area contributed by atoms with E-state index in [2.05, 4.69) is 49.0 Å². The summed E-state index contributed by atoms with van der Waals surface area (Å²) in [6, 6.07) is 7.01. The van der Waals surface area contributed by atoms with Crippen molar-refractivity contribution >= 4 is 5.69 Å². The van der Waals surface area contributed by atoms with Crippen molar-refractivity contribution in [1.29, 1.82) is 0 Å². The van der Waals surface area contributed by atoms with Gasteiger partial charge >= 0.3 is 0 Å². The average molecular weight is 247 g/mol. The highest BCUT2D eigenvalue weighted by Gasteiger charge is 2.30. The highest BCUT2D eigenvalue weighted by molar-refractivity contribution is 5.58. The zero-order valence-corrected chi connectivity index (χ0v) is 11.8. The summed E-state index contributed by atoms with van der Waals surface area (Å²) in [5, 5.41) is 0. The fourth-order valence-electron chi connectivity index (χ4n) is 2.88. The maximum Gasteiger partial charge on any atom is 0.0478 e. The van der Waals surface area contributed by atoms with Gasteiger partial charge in [0.1, 0.15) is 0 Å². The van der Waals surface area contributed by atoms with Gasteiger partial charge in [-0.1, -0.05) is 25.5 Å². The first-order chi connectivity index (χ1) is 8.69. The van der Waals surface area contributed by atoms with Gasteiger partial charge in [-0.2, -0.15) is 0 Å². The smallest absolute Gasteiger partial charge is 0.0478 e. The van der Waals surface area contributed by atoms with Crippen LogP contribution < -0.4 is 10.6 Å². The molecule has 1 heterocycles. The maximum atomic E-state index is 5.98. The van der Waals surface area contributed by atoms with Crippen molar-refractivity contribution in [3.8, 4) is 0 Å². The molecule has 1 aromatic carbocycles. The number of rotatable bonds is 5. The van der Waals surface area contributed by atoms with E-state index in [1.54, 1.807) is 0 Å². The van der Waals surface area contributed by atoms with Gasteiger partial charge in [-0.3, -0.25) is 4.90 Å². The Kier molecular flexibility index (Phi) is 4.25. The van der Waals surface area contributed by atoms with Gasteiger partial charge in [-0.15, -0.1) is 0 Å². The summed E-state index contributed by atoms with van der Waals surface area (Å²) in [7, 11) is 4.23. The molecule has 0 saturated heterocycles. The number of nitrogens with two attached hydrogens (primary N) is 1. The molecule has 1 unspecified atom stereocenters. The molecule has 0 aliphatic carbocycles. The summed E-state index contributed by atoms with van der Waals surface area (Å²) in [5.74, 6) is 0. The molecule has 0 aromatic heterocycles. The second-order valence-electron chi connectivity index (χ2n) is 5.31. The Morgan fingerprint density at radius 2 is 2.17 bits per heavy atom. The molecular formula is C15H25N3. The van der Waals surface area contributed by atoms with E-state index in [1.165, 1.54) is 29.7 Å². The largest absolute Gasteiger partial charge is 0.377 e. The molecule has 3 heteroatoms. The number of hydrogen-bond acceptors (Lipinski definition) is 3. The summed E-state index contributed by atoms with van der Waals surface area (Å²) in [6.07, 6.45) is 2.49. The fraction of sp³-hybridized carbons (Fsp3) is 0.600. The van der Waals surface area contributed by atoms with Gasteiger partial charge in [-0.25, -0.2) is 0 Å². The standard InChI is InChI=1S/C15H25N3/c1-4-5-9-18-11-13-12(15(18)10-16)7-6-8-14(13)17(2)3/h6-8,15H,4-5,9-11,16H2,1-3H3. The van der Waals surface area contributed by atoms with Crippen LogP contribution in [0, 0.1) is 0 Å². The van der Waals surface area contributed by atoms with Gasteiger partial charge in [0.05, 0.1) is 0 Å². The molecule has 100 valence electrons. The third-order valence-corrected chi connectivity index (χ3v) is 3.85. The quantitative estimate of drug-likeness (QED) is 0.867. The summed E-state index contributed by atoms with van der Waals surface area (Å²) < 4.78 is 0. The lowest BCUT2D eigenvalue weighted by Crippen LogP contribution is -2.28. The Balaban J connectivity index is 2.28. The molecule has 0 saturated carbocycles. The van der Waals surface area contributed by atoms with Gasteiger partial charge in [0.25, 0.3) is 0 Å². The first-order valence-electron chi connectivity index (χ1n) is 6.92. The molecular weight excluding hydrogens is 222 g/mol. The van der Waals surface area contributed by atoms with Crippen LogP contribution in [-0.4, -0.2) is 32.1 Å². The van der Waals surface area contributed by atoms with Crippen molar-refractivity contribution in [2.45, 2.75) is 32.4 Å². The molecule has 18 heavy (non-hydrogen) atoms. The van der Waals surface area contributed by atoms with Crippen LogP contribution in [0.2, 0.25) is 0 Å². The van der Waals surface area contributed by atoms with Crippen LogP contribution in [0.25, 0.3) is 0 Å². The van der Waals surface area contributed by atoms with E-state index >= 15 is 0 Å². The van der Waals surface area contributed by atoms with E-state index in [0.717, 1.165) is 13.1 Å². The predicted molar refractivity (Wildman–Crippen MR) is 77.9 cm³/mol. The molecule has 2 rings (SSSR count). The molecule has 1 aliphatic rings. The molecule has 1 atom stereocenters. The summed E-state index contributed by atoms with van der Waals surface area (Å²) in [4.78, 5) is 4.73. The topological polar surface area (TPSA) is 32.5 Å². The van der Waals surface area contributed by atoms with Gasteiger partial charge in [0.15, 0.2) is 0 Å². The molecule has 3 nitrogen and oxygen atoms in total. The lowest BCUT2D eigenvalue weighted by molar-refractivity contribution is 0.217. The highest BCUT2D eigenvalue weighted by Crippen LogP contribution is 2.37. The van der Waals surface area contributed by atoms with E-state index in [9.17, 15) is 0 Å². The molecule has 0 bridgehead atoms. The summed E-state index contributed by atoms with van der Waals surface area (Å²) in [5.41, 5.74) is 10.2. The molecule has 0 amide bonds.